The van der Waals surface area contributed by atoms with Crippen molar-refractivity contribution >= 4 is 21.7 Å². The van der Waals surface area contributed by atoms with Gasteiger partial charge in [-0.1, -0.05) is 76.6 Å². The van der Waals surface area contributed by atoms with E-state index in [4.69, 9.17) is 0 Å². The lowest BCUT2D eigenvalue weighted by molar-refractivity contribution is -0.521. The Kier molecular flexibility index (Phi) is 5.44. The molecule has 0 unspecified atom stereocenters. The van der Waals surface area contributed by atoms with Gasteiger partial charge in [0.05, 0.1) is 10.7 Å². The van der Waals surface area contributed by atoms with E-state index in [-0.39, 0.29) is 10.7 Å². The van der Waals surface area contributed by atoms with Crippen molar-refractivity contribution < 1.29 is 9.72 Å². The van der Waals surface area contributed by atoms with E-state index in [1.54, 1.807) is 24.3 Å². The molecule has 22 heavy (non-hydrogen) atoms. The van der Waals surface area contributed by atoms with Crippen molar-refractivity contribution in [2.24, 2.45) is 0 Å². The standard InChI is InChI=1S/C17H16BrNO3/c1-12(19(21)22)15(13-8-4-2-5-9-13)16(18)17(20)14-10-6-3-7-11-14/h2-12,15-16H,1H3/t12-,15+,16-/m0/s1. The number of carbonyl (C=O) groups is 1. The molecule has 0 spiro atoms. The average molecular weight is 362 g/mol. The van der Waals surface area contributed by atoms with Gasteiger partial charge < -0.3 is 0 Å². The van der Waals surface area contributed by atoms with Crippen molar-refractivity contribution in [3.8, 4) is 0 Å². The Morgan fingerprint density at radius 3 is 2.05 bits per heavy atom. The van der Waals surface area contributed by atoms with E-state index < -0.39 is 16.8 Å². The van der Waals surface area contributed by atoms with Gasteiger partial charge in [-0.3, -0.25) is 14.9 Å². The van der Waals surface area contributed by atoms with E-state index in [9.17, 15) is 14.9 Å². The first-order valence-corrected chi connectivity index (χ1v) is 7.85. The van der Waals surface area contributed by atoms with Crippen molar-refractivity contribution in [2.75, 3.05) is 0 Å². The van der Waals surface area contributed by atoms with Crippen molar-refractivity contribution in [3.63, 3.8) is 0 Å². The number of alkyl halides is 1. The van der Waals surface area contributed by atoms with Gasteiger partial charge in [0, 0.05) is 17.4 Å². The molecule has 0 heterocycles. The molecule has 5 heteroatoms. The molecule has 2 aromatic rings. The minimum atomic E-state index is -0.876. The summed E-state index contributed by atoms with van der Waals surface area (Å²) in [4.78, 5) is 22.9. The summed E-state index contributed by atoms with van der Waals surface area (Å²) in [6, 6.07) is 17.1. The Labute approximate surface area is 137 Å². The summed E-state index contributed by atoms with van der Waals surface area (Å²) in [5.74, 6) is -0.688. The van der Waals surface area contributed by atoms with Gasteiger partial charge in [0.2, 0.25) is 6.04 Å². The predicted octanol–water partition coefficient (Wildman–Crippen LogP) is 4.08. The Hall–Kier alpha value is -2.01. The third kappa shape index (κ3) is 3.60. The average Bonchev–Trinajstić information content (AvgIpc) is 2.56. The second kappa shape index (κ2) is 7.31. The van der Waals surface area contributed by atoms with Gasteiger partial charge in [0.1, 0.15) is 0 Å². The summed E-state index contributed by atoms with van der Waals surface area (Å²) in [7, 11) is 0. The van der Waals surface area contributed by atoms with Crippen molar-refractivity contribution in [1.29, 1.82) is 0 Å². The van der Waals surface area contributed by atoms with Gasteiger partial charge in [0.25, 0.3) is 0 Å². The highest BCUT2D eigenvalue weighted by Gasteiger charge is 2.37. The van der Waals surface area contributed by atoms with Gasteiger partial charge in [-0.05, 0) is 5.56 Å². The molecule has 0 fully saturated rings. The minimum absolute atomic E-state index is 0.150. The minimum Gasteiger partial charge on any atom is -0.293 e. The number of nitrogens with zero attached hydrogens (tertiary/aromatic N) is 1. The molecular weight excluding hydrogens is 346 g/mol. The fraction of sp³-hybridized carbons (Fsp3) is 0.235. The maximum Gasteiger partial charge on any atom is 0.218 e. The molecule has 0 saturated carbocycles. The van der Waals surface area contributed by atoms with Crippen molar-refractivity contribution in [1.82, 2.24) is 0 Å². The van der Waals surface area contributed by atoms with E-state index in [0.29, 0.717) is 5.56 Å². The number of nitro groups is 1. The lowest BCUT2D eigenvalue weighted by Crippen LogP contribution is -2.34. The van der Waals surface area contributed by atoms with Crippen LogP contribution in [0.1, 0.15) is 28.8 Å². The van der Waals surface area contributed by atoms with Crippen LogP contribution in [0.25, 0.3) is 0 Å². The molecule has 0 saturated heterocycles. The first-order chi connectivity index (χ1) is 10.5. The molecule has 0 aliphatic heterocycles. The maximum atomic E-state index is 12.6. The van der Waals surface area contributed by atoms with Gasteiger partial charge in [0.15, 0.2) is 5.78 Å². The lowest BCUT2D eigenvalue weighted by atomic mass is 9.86. The molecular formula is C17H16BrNO3. The maximum absolute atomic E-state index is 12.6. The van der Waals surface area contributed by atoms with Crippen LogP contribution in [0.2, 0.25) is 0 Å². The monoisotopic (exact) mass is 361 g/mol. The number of hydrogen-bond acceptors (Lipinski definition) is 3. The molecule has 0 N–H and O–H groups in total. The summed E-state index contributed by atoms with van der Waals surface area (Å²) < 4.78 is 0. The van der Waals surface area contributed by atoms with Crippen LogP contribution < -0.4 is 0 Å². The number of halogens is 1. The molecule has 2 rings (SSSR count). The van der Waals surface area contributed by atoms with Crippen LogP contribution in [-0.2, 0) is 0 Å². The Bertz CT molecular complexity index is 645. The van der Waals surface area contributed by atoms with Crippen LogP contribution in [0.15, 0.2) is 60.7 Å². The zero-order valence-corrected chi connectivity index (χ0v) is 13.6. The zero-order valence-electron chi connectivity index (χ0n) is 12.1. The number of Topliss-reactive ketones (excluding diaryl/α,β-unsaturated/α-hetero) is 1. The van der Waals surface area contributed by atoms with E-state index >= 15 is 0 Å². The topological polar surface area (TPSA) is 60.2 Å². The lowest BCUT2D eigenvalue weighted by Gasteiger charge is -2.23. The fourth-order valence-electron chi connectivity index (χ4n) is 2.42. The predicted molar refractivity (Wildman–Crippen MR) is 89.1 cm³/mol. The Balaban J connectivity index is 2.37. The summed E-state index contributed by atoms with van der Waals surface area (Å²) in [5.41, 5.74) is 1.32. The smallest absolute Gasteiger partial charge is 0.218 e. The van der Waals surface area contributed by atoms with E-state index in [1.807, 2.05) is 36.4 Å². The summed E-state index contributed by atoms with van der Waals surface area (Å²) in [6.07, 6.45) is 0. The molecule has 0 aliphatic rings. The van der Waals surface area contributed by atoms with Crippen molar-refractivity contribution in [2.45, 2.75) is 23.7 Å². The summed E-state index contributed by atoms with van der Waals surface area (Å²) >= 11 is 3.40. The van der Waals surface area contributed by atoms with Crippen LogP contribution >= 0.6 is 15.9 Å². The van der Waals surface area contributed by atoms with Gasteiger partial charge in [-0.15, -0.1) is 0 Å². The second-order valence-electron chi connectivity index (χ2n) is 5.09. The summed E-state index contributed by atoms with van der Waals surface area (Å²) in [6.45, 7) is 1.53. The number of ketones is 1. The SMILES string of the molecule is C[C@@H]([C@H](c1ccccc1)[C@H](Br)C(=O)c1ccccc1)[N+](=O)[O-]. The Morgan fingerprint density at radius 2 is 1.55 bits per heavy atom. The first-order valence-electron chi connectivity index (χ1n) is 6.94. The van der Waals surface area contributed by atoms with Crippen LogP contribution in [0, 0.1) is 10.1 Å². The highest BCUT2D eigenvalue weighted by Crippen LogP contribution is 2.32. The molecule has 0 aliphatic carbocycles. The molecule has 0 aromatic heterocycles. The summed E-state index contributed by atoms with van der Waals surface area (Å²) in [5, 5.41) is 11.3. The molecule has 0 radical (unpaired) electrons. The van der Waals surface area contributed by atoms with Gasteiger partial charge in [-0.2, -0.15) is 0 Å². The van der Waals surface area contributed by atoms with E-state index in [2.05, 4.69) is 15.9 Å². The number of rotatable bonds is 6. The number of carbonyl (C=O) groups excluding carboxylic acids is 1. The number of hydrogen-bond donors (Lipinski definition) is 0. The number of benzene rings is 2. The third-order valence-corrected chi connectivity index (χ3v) is 4.65. The Morgan fingerprint density at radius 1 is 1.05 bits per heavy atom. The normalized spacial score (nSPS) is 14.8. The molecule has 114 valence electrons. The quantitative estimate of drug-likeness (QED) is 0.337. The van der Waals surface area contributed by atoms with Crippen molar-refractivity contribution in [3.05, 3.63) is 81.9 Å². The van der Waals surface area contributed by atoms with Gasteiger partial charge >= 0.3 is 0 Å². The van der Waals surface area contributed by atoms with Gasteiger partial charge in [-0.25, -0.2) is 0 Å². The van der Waals surface area contributed by atoms with Crippen LogP contribution in [0.3, 0.4) is 0 Å². The fourth-order valence-corrected chi connectivity index (χ4v) is 3.43. The largest absolute Gasteiger partial charge is 0.293 e. The zero-order chi connectivity index (χ0) is 16.1. The van der Waals surface area contributed by atoms with E-state index in [1.165, 1.54) is 6.92 Å². The molecule has 0 amide bonds. The highest BCUT2D eigenvalue weighted by molar-refractivity contribution is 9.10. The molecule has 2 aromatic carbocycles. The molecule has 0 bridgehead atoms. The third-order valence-electron chi connectivity index (χ3n) is 3.66. The highest BCUT2D eigenvalue weighted by atomic mass is 79.9. The first kappa shape index (κ1) is 16.4. The molecule has 3 atom stereocenters. The van der Waals surface area contributed by atoms with Crippen LogP contribution in [0.5, 0.6) is 0 Å². The van der Waals surface area contributed by atoms with Crippen LogP contribution in [-0.4, -0.2) is 21.6 Å². The molecule has 4 nitrogen and oxygen atoms in total. The van der Waals surface area contributed by atoms with E-state index in [0.717, 1.165) is 5.56 Å². The van der Waals surface area contributed by atoms with Crippen LogP contribution in [0.4, 0.5) is 0 Å². The second-order valence-corrected chi connectivity index (χ2v) is 6.08.